The van der Waals surface area contributed by atoms with E-state index in [9.17, 15) is 23.6 Å². The average Bonchev–Trinajstić information content (AvgIpc) is 3.59. The highest BCUT2D eigenvalue weighted by molar-refractivity contribution is 5.94. The van der Waals surface area contributed by atoms with Crippen molar-refractivity contribution in [3.8, 4) is 0 Å². The van der Waals surface area contributed by atoms with Crippen LogP contribution in [0.2, 0.25) is 0 Å². The molecule has 11 nitrogen and oxygen atoms in total. The molecule has 258 valence electrons. The molecule has 6 aliphatic rings. The van der Waals surface area contributed by atoms with Gasteiger partial charge in [0.25, 0.3) is 5.91 Å². The first-order valence-electron chi connectivity index (χ1n) is 17.8. The minimum Gasteiger partial charge on any atom is -0.381 e. The third-order valence-corrected chi connectivity index (χ3v) is 11.2. The van der Waals surface area contributed by atoms with Crippen molar-refractivity contribution in [1.29, 1.82) is 0 Å². The normalized spacial score (nSPS) is 29.3. The van der Waals surface area contributed by atoms with E-state index in [-0.39, 0.29) is 61.3 Å². The second-order valence-electron chi connectivity index (χ2n) is 14.0. The summed E-state index contributed by atoms with van der Waals surface area (Å²) in [7, 11) is 0. The van der Waals surface area contributed by atoms with Crippen LogP contribution in [0, 0.1) is 17.7 Å². The zero-order valence-corrected chi connectivity index (χ0v) is 27.5. The van der Waals surface area contributed by atoms with Crippen molar-refractivity contribution in [2.75, 3.05) is 72.1 Å². The lowest BCUT2D eigenvalue weighted by Gasteiger charge is -2.44. The number of ether oxygens (including phenoxy) is 1. The van der Waals surface area contributed by atoms with Crippen molar-refractivity contribution in [1.82, 2.24) is 30.2 Å². The van der Waals surface area contributed by atoms with E-state index in [1.807, 2.05) is 4.90 Å². The van der Waals surface area contributed by atoms with Crippen LogP contribution in [0.1, 0.15) is 68.1 Å². The van der Waals surface area contributed by atoms with Gasteiger partial charge in [0, 0.05) is 76.6 Å². The van der Waals surface area contributed by atoms with Crippen LogP contribution in [-0.2, 0) is 19.1 Å². The summed E-state index contributed by atoms with van der Waals surface area (Å²) in [5, 5.41) is 5.91. The number of hydrogen-bond donors (Lipinski definition) is 2. The maximum atomic E-state index is 14.1. The summed E-state index contributed by atoms with van der Waals surface area (Å²) in [5.74, 6) is -0.240. The highest BCUT2D eigenvalue weighted by atomic mass is 19.1. The van der Waals surface area contributed by atoms with Gasteiger partial charge in [-0.25, -0.2) is 4.39 Å². The molecule has 4 amide bonds. The van der Waals surface area contributed by atoms with Crippen molar-refractivity contribution in [2.24, 2.45) is 11.8 Å². The van der Waals surface area contributed by atoms with Gasteiger partial charge in [0.2, 0.25) is 17.7 Å². The van der Waals surface area contributed by atoms with Gasteiger partial charge in [-0.1, -0.05) is 0 Å². The standard InChI is InChI=1S/C35H51FN6O5/c36-28-5-3-25(4-6-28)34(45)38-14-19-41-24-32(43)37-13-7-27-23-40(29-11-20-47-21-12-29)16-8-26(27)22-33(44)39-17-9-30(10-18-39)42-15-1-2-31(42)35(41)46/h3-6,26-27,29-31H,1-2,7-24H2,(H,37,43)(H,38,45)/t26-,27-,31-/m0/s1. The number of carbonyl (C=O) groups is 4. The van der Waals surface area contributed by atoms with Crippen LogP contribution in [0.4, 0.5) is 4.39 Å². The summed E-state index contributed by atoms with van der Waals surface area (Å²) in [5.41, 5.74) is 0.336. The molecule has 12 heteroatoms. The van der Waals surface area contributed by atoms with Crippen LogP contribution in [0.5, 0.6) is 0 Å². The fraction of sp³-hybridized carbons (Fsp3) is 0.714. The lowest BCUT2D eigenvalue weighted by molar-refractivity contribution is -0.141. The van der Waals surface area contributed by atoms with Gasteiger partial charge in [-0.15, -0.1) is 0 Å². The molecular formula is C35H51FN6O5. The second-order valence-corrected chi connectivity index (χ2v) is 14.0. The van der Waals surface area contributed by atoms with Crippen LogP contribution < -0.4 is 10.6 Å². The van der Waals surface area contributed by atoms with Crippen LogP contribution in [0.3, 0.4) is 0 Å². The van der Waals surface area contributed by atoms with E-state index < -0.39 is 5.82 Å². The second kappa shape index (κ2) is 15.9. The Labute approximate surface area is 277 Å². The fourth-order valence-corrected chi connectivity index (χ4v) is 8.49. The van der Waals surface area contributed by atoms with Crippen LogP contribution >= 0.6 is 0 Å². The van der Waals surface area contributed by atoms with Gasteiger partial charge in [0.1, 0.15) is 5.82 Å². The Bertz CT molecular complexity index is 1250. The first-order chi connectivity index (χ1) is 22.9. The molecule has 0 aliphatic carbocycles. The monoisotopic (exact) mass is 654 g/mol. The molecule has 2 N–H and O–H groups in total. The number of carbonyl (C=O) groups excluding carboxylic acids is 4. The maximum Gasteiger partial charge on any atom is 0.251 e. The predicted molar refractivity (Wildman–Crippen MR) is 174 cm³/mol. The number of nitrogens with zero attached hydrogens (tertiary/aromatic N) is 4. The summed E-state index contributed by atoms with van der Waals surface area (Å²) in [4.78, 5) is 62.2. The first-order valence-corrected chi connectivity index (χ1v) is 17.8. The maximum absolute atomic E-state index is 14.1. The van der Waals surface area contributed by atoms with Gasteiger partial charge in [-0.3, -0.25) is 29.0 Å². The van der Waals surface area contributed by atoms with Crippen molar-refractivity contribution in [3.05, 3.63) is 35.6 Å². The minimum absolute atomic E-state index is 0.0746. The summed E-state index contributed by atoms with van der Waals surface area (Å²) in [6.45, 7) is 6.55. The zero-order valence-electron chi connectivity index (χ0n) is 27.5. The number of hydrogen-bond acceptors (Lipinski definition) is 7. The fourth-order valence-electron chi connectivity index (χ4n) is 8.49. The molecule has 0 unspecified atom stereocenters. The van der Waals surface area contributed by atoms with E-state index in [2.05, 4.69) is 20.4 Å². The Morgan fingerprint density at radius 3 is 2.43 bits per heavy atom. The molecular weight excluding hydrogens is 603 g/mol. The zero-order chi connectivity index (χ0) is 32.8. The van der Waals surface area contributed by atoms with E-state index in [0.29, 0.717) is 43.6 Å². The van der Waals surface area contributed by atoms with E-state index in [1.165, 1.54) is 24.3 Å². The van der Waals surface area contributed by atoms with Gasteiger partial charge in [0.05, 0.1) is 12.6 Å². The van der Waals surface area contributed by atoms with Crippen LogP contribution in [-0.4, -0.2) is 133 Å². The average molecular weight is 655 g/mol. The number of likely N-dealkylation sites (tertiary alicyclic amines) is 1. The summed E-state index contributed by atoms with van der Waals surface area (Å²) in [6.07, 6.45) is 7.72. The third kappa shape index (κ3) is 8.50. The van der Waals surface area contributed by atoms with Gasteiger partial charge in [0.15, 0.2) is 0 Å². The van der Waals surface area contributed by atoms with E-state index in [0.717, 1.165) is 84.2 Å². The number of benzene rings is 1. The Morgan fingerprint density at radius 1 is 0.894 bits per heavy atom. The lowest BCUT2D eigenvalue weighted by Crippen LogP contribution is -2.54. The number of nitrogens with one attached hydrogen (secondary N) is 2. The number of piperidine rings is 2. The van der Waals surface area contributed by atoms with Crippen LogP contribution in [0.25, 0.3) is 0 Å². The third-order valence-electron chi connectivity index (χ3n) is 11.2. The minimum atomic E-state index is -0.417. The van der Waals surface area contributed by atoms with Gasteiger partial charge in [-0.05, 0) is 101 Å². The number of fused-ring (bicyclic) bond motifs is 9. The van der Waals surface area contributed by atoms with E-state index in [1.54, 1.807) is 4.90 Å². The van der Waals surface area contributed by atoms with Crippen molar-refractivity contribution >= 4 is 23.6 Å². The smallest absolute Gasteiger partial charge is 0.251 e. The molecule has 0 radical (unpaired) electrons. The molecule has 7 rings (SSSR count). The van der Waals surface area contributed by atoms with Gasteiger partial charge in [-0.2, -0.15) is 0 Å². The quantitative estimate of drug-likeness (QED) is 0.499. The Kier molecular flexibility index (Phi) is 11.4. The van der Waals surface area contributed by atoms with E-state index in [4.69, 9.17) is 4.74 Å². The van der Waals surface area contributed by atoms with Crippen molar-refractivity contribution < 1.29 is 28.3 Å². The molecule has 6 aliphatic heterocycles. The SMILES string of the molecule is O=C1CN(CCNC(=O)c2ccc(F)cc2)C(=O)[C@@H]2CCCN2C2CCN(CC2)C(=O)C[C@@H]2CCN(C3CCOCC3)C[C@@H]2CCN1. The summed E-state index contributed by atoms with van der Waals surface area (Å²) >= 11 is 0. The molecule has 0 saturated carbocycles. The molecule has 2 bridgehead atoms. The van der Waals surface area contributed by atoms with Crippen molar-refractivity contribution in [2.45, 2.75) is 75.9 Å². The van der Waals surface area contributed by atoms with Gasteiger partial charge < -0.3 is 25.2 Å². The number of rotatable bonds is 5. The summed E-state index contributed by atoms with van der Waals surface area (Å²) in [6, 6.07) is 5.73. The topological polar surface area (TPSA) is 115 Å². The molecule has 3 atom stereocenters. The van der Waals surface area contributed by atoms with Crippen LogP contribution in [0.15, 0.2) is 24.3 Å². The molecule has 6 saturated heterocycles. The van der Waals surface area contributed by atoms with Crippen molar-refractivity contribution in [3.63, 3.8) is 0 Å². The Hall–Kier alpha value is -3.09. The lowest BCUT2D eigenvalue weighted by atomic mass is 9.79. The summed E-state index contributed by atoms with van der Waals surface area (Å²) < 4.78 is 18.9. The molecule has 0 aromatic heterocycles. The number of halogens is 1. The molecule has 0 spiro atoms. The molecule has 1 aromatic carbocycles. The molecule has 6 heterocycles. The predicted octanol–water partition coefficient (Wildman–Crippen LogP) is 1.87. The number of amides is 4. The highest BCUT2D eigenvalue weighted by Crippen LogP contribution is 2.33. The van der Waals surface area contributed by atoms with Gasteiger partial charge >= 0.3 is 0 Å². The molecule has 1 aromatic rings. The Morgan fingerprint density at radius 2 is 1.66 bits per heavy atom. The molecule has 47 heavy (non-hydrogen) atoms. The highest BCUT2D eigenvalue weighted by Gasteiger charge is 2.40. The largest absolute Gasteiger partial charge is 0.381 e. The first kappa shape index (κ1) is 33.8. The van der Waals surface area contributed by atoms with E-state index >= 15 is 0 Å². The molecule has 6 fully saturated rings. The Balaban J connectivity index is 1.15.